The van der Waals surface area contributed by atoms with E-state index in [1.54, 1.807) is 0 Å². The lowest BCUT2D eigenvalue weighted by Gasteiger charge is -2.30. The Morgan fingerprint density at radius 1 is 1.05 bits per heavy atom. The highest BCUT2D eigenvalue weighted by Gasteiger charge is 2.25. The van der Waals surface area contributed by atoms with Crippen molar-refractivity contribution in [1.29, 1.82) is 0 Å². The first kappa shape index (κ1) is 13.8. The van der Waals surface area contributed by atoms with Crippen LogP contribution in [-0.2, 0) is 17.8 Å². The van der Waals surface area contributed by atoms with Crippen molar-refractivity contribution >= 4 is 5.97 Å². The van der Waals surface area contributed by atoms with Crippen LogP contribution >= 0.6 is 0 Å². The molecule has 1 atom stereocenters. The van der Waals surface area contributed by atoms with Gasteiger partial charge in [0, 0.05) is 19.6 Å². The molecule has 1 aliphatic rings. The van der Waals surface area contributed by atoms with Crippen molar-refractivity contribution < 1.29 is 9.90 Å². The topological polar surface area (TPSA) is 40.5 Å². The highest BCUT2D eigenvalue weighted by Crippen LogP contribution is 2.23. The van der Waals surface area contributed by atoms with Gasteiger partial charge in [-0.3, -0.25) is 9.69 Å². The van der Waals surface area contributed by atoms with Gasteiger partial charge in [-0.05, 0) is 23.1 Å². The molecule has 0 aromatic heterocycles. The third-order valence-corrected chi connectivity index (χ3v) is 4.15. The minimum Gasteiger partial charge on any atom is -0.481 e. The van der Waals surface area contributed by atoms with E-state index in [1.807, 2.05) is 36.4 Å². The predicted molar refractivity (Wildman–Crippen MR) is 82.2 cm³/mol. The van der Waals surface area contributed by atoms with Crippen molar-refractivity contribution in [3.8, 4) is 0 Å². The van der Waals surface area contributed by atoms with Crippen LogP contribution in [0.5, 0.6) is 0 Å². The first-order valence-corrected chi connectivity index (χ1v) is 7.31. The van der Waals surface area contributed by atoms with Gasteiger partial charge in [-0.25, -0.2) is 0 Å². The number of aliphatic carboxylic acids is 1. The number of hydrogen-bond donors (Lipinski definition) is 1. The summed E-state index contributed by atoms with van der Waals surface area (Å²) in [5.74, 6) is -1.21. The number of nitrogens with zero attached hydrogens (tertiary/aromatic N) is 1. The summed E-state index contributed by atoms with van der Waals surface area (Å²) in [5.41, 5.74) is 3.59. The van der Waals surface area contributed by atoms with Gasteiger partial charge in [0.2, 0.25) is 0 Å². The summed E-state index contributed by atoms with van der Waals surface area (Å²) in [7, 11) is 0. The van der Waals surface area contributed by atoms with Crippen molar-refractivity contribution in [2.45, 2.75) is 18.9 Å². The minimum atomic E-state index is -0.750. The molecule has 2 aromatic rings. The van der Waals surface area contributed by atoms with Gasteiger partial charge in [-0.1, -0.05) is 54.6 Å². The minimum absolute atomic E-state index is 0.462. The molecule has 21 heavy (non-hydrogen) atoms. The fourth-order valence-electron chi connectivity index (χ4n) is 2.98. The van der Waals surface area contributed by atoms with E-state index in [1.165, 1.54) is 11.1 Å². The summed E-state index contributed by atoms with van der Waals surface area (Å²) >= 11 is 0. The van der Waals surface area contributed by atoms with Crippen LogP contribution in [0, 0.1) is 0 Å². The van der Waals surface area contributed by atoms with Gasteiger partial charge in [0.05, 0.1) is 5.92 Å². The predicted octanol–water partition coefficient (Wildman–Crippen LogP) is 2.91. The van der Waals surface area contributed by atoms with Gasteiger partial charge in [0.15, 0.2) is 0 Å². The molecule has 0 saturated carbocycles. The van der Waals surface area contributed by atoms with E-state index in [0.717, 1.165) is 25.1 Å². The molecule has 1 aliphatic heterocycles. The molecule has 108 valence electrons. The molecule has 0 bridgehead atoms. The SMILES string of the molecule is O=C(O)C(CN1CCc2ccccc2C1)c1ccccc1. The number of carboxylic acids is 1. The van der Waals surface area contributed by atoms with Crippen molar-refractivity contribution in [2.75, 3.05) is 13.1 Å². The molecule has 3 heteroatoms. The van der Waals surface area contributed by atoms with Crippen molar-refractivity contribution in [1.82, 2.24) is 4.90 Å². The quantitative estimate of drug-likeness (QED) is 0.936. The molecule has 0 fully saturated rings. The molecule has 3 nitrogen and oxygen atoms in total. The number of carboxylic acid groups (broad SMARTS) is 1. The number of fused-ring (bicyclic) bond motifs is 1. The van der Waals surface area contributed by atoms with Crippen molar-refractivity contribution in [2.24, 2.45) is 0 Å². The largest absolute Gasteiger partial charge is 0.481 e. The summed E-state index contributed by atoms with van der Waals surface area (Å²) in [6, 6.07) is 17.9. The summed E-state index contributed by atoms with van der Waals surface area (Å²) in [6.45, 7) is 2.33. The van der Waals surface area contributed by atoms with E-state index in [9.17, 15) is 9.90 Å². The molecule has 0 saturated heterocycles. The zero-order chi connectivity index (χ0) is 14.7. The Kier molecular flexibility index (Phi) is 4.02. The average Bonchev–Trinajstić information content (AvgIpc) is 2.53. The molecule has 2 aromatic carbocycles. The van der Waals surface area contributed by atoms with Gasteiger partial charge in [0.1, 0.15) is 0 Å². The Balaban J connectivity index is 1.75. The van der Waals surface area contributed by atoms with Crippen LogP contribution in [-0.4, -0.2) is 29.1 Å². The first-order chi connectivity index (χ1) is 10.2. The molecule has 0 spiro atoms. The number of hydrogen-bond acceptors (Lipinski definition) is 2. The third-order valence-electron chi connectivity index (χ3n) is 4.15. The van der Waals surface area contributed by atoms with Crippen LogP contribution in [0.1, 0.15) is 22.6 Å². The summed E-state index contributed by atoms with van der Waals surface area (Å²) in [5, 5.41) is 9.53. The van der Waals surface area contributed by atoms with Crippen molar-refractivity contribution in [3.63, 3.8) is 0 Å². The van der Waals surface area contributed by atoms with Gasteiger partial charge < -0.3 is 5.11 Å². The zero-order valence-corrected chi connectivity index (χ0v) is 11.9. The molecule has 3 rings (SSSR count). The summed E-state index contributed by atoms with van der Waals surface area (Å²) in [4.78, 5) is 13.8. The van der Waals surface area contributed by atoms with Crippen molar-refractivity contribution in [3.05, 3.63) is 71.3 Å². The van der Waals surface area contributed by atoms with Crippen LogP contribution in [0.25, 0.3) is 0 Å². The Morgan fingerprint density at radius 2 is 1.71 bits per heavy atom. The summed E-state index contributed by atoms with van der Waals surface area (Å²) < 4.78 is 0. The van der Waals surface area contributed by atoms with Gasteiger partial charge in [-0.2, -0.15) is 0 Å². The Morgan fingerprint density at radius 3 is 2.43 bits per heavy atom. The maximum absolute atomic E-state index is 11.6. The van der Waals surface area contributed by atoms with E-state index in [4.69, 9.17) is 0 Å². The van der Waals surface area contributed by atoms with E-state index in [-0.39, 0.29) is 0 Å². The fourth-order valence-corrected chi connectivity index (χ4v) is 2.98. The fraction of sp³-hybridized carbons (Fsp3) is 0.278. The Hall–Kier alpha value is -2.13. The normalized spacial score (nSPS) is 16.2. The highest BCUT2D eigenvalue weighted by atomic mass is 16.4. The molecule has 0 aliphatic carbocycles. The maximum atomic E-state index is 11.6. The molecular weight excluding hydrogens is 262 g/mol. The molecule has 1 N–H and O–H groups in total. The molecule has 1 unspecified atom stereocenters. The lowest BCUT2D eigenvalue weighted by atomic mass is 9.95. The molecule has 1 heterocycles. The first-order valence-electron chi connectivity index (χ1n) is 7.31. The van der Waals surface area contributed by atoms with Crippen LogP contribution in [0.15, 0.2) is 54.6 Å². The lowest BCUT2D eigenvalue weighted by molar-refractivity contribution is -0.139. The smallest absolute Gasteiger partial charge is 0.312 e. The van der Waals surface area contributed by atoms with E-state index in [2.05, 4.69) is 23.1 Å². The zero-order valence-electron chi connectivity index (χ0n) is 11.9. The molecule has 0 radical (unpaired) electrons. The van der Waals surface area contributed by atoms with E-state index < -0.39 is 11.9 Å². The maximum Gasteiger partial charge on any atom is 0.312 e. The van der Waals surface area contributed by atoms with E-state index >= 15 is 0 Å². The van der Waals surface area contributed by atoms with Crippen LogP contribution < -0.4 is 0 Å². The number of benzene rings is 2. The second kappa shape index (κ2) is 6.10. The molecule has 0 amide bonds. The van der Waals surface area contributed by atoms with Gasteiger partial charge in [0.25, 0.3) is 0 Å². The number of rotatable bonds is 4. The van der Waals surface area contributed by atoms with Gasteiger partial charge in [-0.15, -0.1) is 0 Å². The standard InChI is InChI=1S/C18H19NO2/c20-18(21)17(15-7-2-1-3-8-15)13-19-11-10-14-6-4-5-9-16(14)12-19/h1-9,17H,10-13H2,(H,20,21). The lowest BCUT2D eigenvalue weighted by Crippen LogP contribution is -2.36. The van der Waals surface area contributed by atoms with E-state index in [0.29, 0.717) is 6.54 Å². The second-order valence-corrected chi connectivity index (χ2v) is 5.56. The Labute approximate surface area is 124 Å². The van der Waals surface area contributed by atoms with Crippen LogP contribution in [0.2, 0.25) is 0 Å². The van der Waals surface area contributed by atoms with Crippen LogP contribution in [0.3, 0.4) is 0 Å². The third kappa shape index (κ3) is 3.14. The number of carbonyl (C=O) groups is 1. The molecular formula is C18H19NO2. The second-order valence-electron chi connectivity index (χ2n) is 5.56. The highest BCUT2D eigenvalue weighted by molar-refractivity contribution is 5.76. The monoisotopic (exact) mass is 281 g/mol. The van der Waals surface area contributed by atoms with Gasteiger partial charge >= 0.3 is 5.97 Å². The summed E-state index contributed by atoms with van der Waals surface area (Å²) in [6.07, 6.45) is 0.997. The van der Waals surface area contributed by atoms with Crippen LogP contribution in [0.4, 0.5) is 0 Å². The average molecular weight is 281 g/mol. The Bertz CT molecular complexity index is 624.